The van der Waals surface area contributed by atoms with Crippen molar-refractivity contribution in [3.63, 3.8) is 0 Å². The molecule has 0 aliphatic heterocycles. The van der Waals surface area contributed by atoms with Gasteiger partial charge in [0.2, 0.25) is 0 Å². The lowest BCUT2D eigenvalue weighted by Crippen LogP contribution is -2.39. The number of hydrogen-bond donors (Lipinski definition) is 1. The topological polar surface area (TPSA) is 12.0 Å². The van der Waals surface area contributed by atoms with Gasteiger partial charge in [-0.25, -0.2) is 0 Å². The maximum absolute atomic E-state index is 3.65. The van der Waals surface area contributed by atoms with Crippen LogP contribution < -0.4 is 5.32 Å². The van der Waals surface area contributed by atoms with Gasteiger partial charge in [0.05, 0.1) is 0 Å². The van der Waals surface area contributed by atoms with Gasteiger partial charge in [-0.1, -0.05) is 25.7 Å². The SMILES string of the molecule is CNC(CSC1CCCCC1)C1CC2CCC1C2. The van der Waals surface area contributed by atoms with Gasteiger partial charge in [-0.2, -0.15) is 11.8 Å². The molecule has 4 unspecified atom stereocenters. The molecule has 1 nitrogen and oxygen atoms in total. The normalized spacial score (nSPS) is 38.2. The Morgan fingerprint density at radius 3 is 2.50 bits per heavy atom. The summed E-state index contributed by atoms with van der Waals surface area (Å²) in [7, 11) is 2.19. The highest BCUT2D eigenvalue weighted by Crippen LogP contribution is 2.50. The van der Waals surface area contributed by atoms with Gasteiger partial charge in [0.15, 0.2) is 0 Å². The van der Waals surface area contributed by atoms with Gasteiger partial charge >= 0.3 is 0 Å². The highest BCUT2D eigenvalue weighted by molar-refractivity contribution is 7.99. The molecule has 0 spiro atoms. The van der Waals surface area contributed by atoms with E-state index in [1.165, 1.54) is 57.1 Å². The predicted molar refractivity (Wildman–Crippen MR) is 81.1 cm³/mol. The van der Waals surface area contributed by atoms with E-state index in [9.17, 15) is 0 Å². The zero-order chi connectivity index (χ0) is 12.4. The van der Waals surface area contributed by atoms with Crippen molar-refractivity contribution in [1.82, 2.24) is 5.32 Å². The monoisotopic (exact) mass is 267 g/mol. The van der Waals surface area contributed by atoms with Crippen molar-refractivity contribution in [2.75, 3.05) is 12.8 Å². The molecule has 0 aromatic rings. The van der Waals surface area contributed by atoms with Gasteiger partial charge in [-0.15, -0.1) is 0 Å². The fourth-order valence-corrected chi connectivity index (χ4v) is 6.24. The first-order valence-electron chi connectivity index (χ1n) is 8.15. The van der Waals surface area contributed by atoms with Crippen molar-refractivity contribution >= 4 is 11.8 Å². The number of fused-ring (bicyclic) bond motifs is 2. The quantitative estimate of drug-likeness (QED) is 0.805. The van der Waals surface area contributed by atoms with Crippen molar-refractivity contribution in [2.24, 2.45) is 17.8 Å². The summed E-state index contributed by atoms with van der Waals surface area (Å²) in [5.41, 5.74) is 0. The highest BCUT2D eigenvalue weighted by Gasteiger charge is 2.42. The molecule has 104 valence electrons. The van der Waals surface area contributed by atoms with Crippen LogP contribution in [0.3, 0.4) is 0 Å². The van der Waals surface area contributed by atoms with Crippen molar-refractivity contribution < 1.29 is 0 Å². The second kappa shape index (κ2) is 6.17. The molecule has 3 aliphatic rings. The smallest absolute Gasteiger partial charge is 0.0186 e. The lowest BCUT2D eigenvalue weighted by molar-refractivity contribution is 0.272. The molecule has 3 fully saturated rings. The largest absolute Gasteiger partial charge is 0.316 e. The van der Waals surface area contributed by atoms with Crippen molar-refractivity contribution in [1.29, 1.82) is 0 Å². The summed E-state index contributed by atoms with van der Waals surface area (Å²) in [6.07, 6.45) is 13.6. The maximum Gasteiger partial charge on any atom is 0.0186 e. The minimum atomic E-state index is 0.798. The summed E-state index contributed by atoms with van der Waals surface area (Å²) in [5.74, 6) is 4.54. The van der Waals surface area contributed by atoms with E-state index >= 15 is 0 Å². The van der Waals surface area contributed by atoms with Crippen molar-refractivity contribution in [3.05, 3.63) is 0 Å². The average molecular weight is 267 g/mol. The lowest BCUT2D eigenvalue weighted by Gasteiger charge is -2.31. The zero-order valence-corrected chi connectivity index (χ0v) is 12.7. The van der Waals surface area contributed by atoms with Crippen LogP contribution in [-0.4, -0.2) is 24.1 Å². The van der Waals surface area contributed by atoms with E-state index in [1.807, 2.05) is 0 Å². The minimum Gasteiger partial charge on any atom is -0.316 e. The Morgan fingerprint density at radius 1 is 1.06 bits per heavy atom. The summed E-state index contributed by atoms with van der Waals surface area (Å²) >= 11 is 2.28. The lowest BCUT2D eigenvalue weighted by atomic mass is 9.84. The molecule has 0 heterocycles. The highest BCUT2D eigenvalue weighted by atomic mass is 32.2. The molecule has 0 aromatic carbocycles. The summed E-state index contributed by atoms with van der Waals surface area (Å²) in [4.78, 5) is 0. The predicted octanol–water partition coefficient (Wildman–Crippen LogP) is 4.08. The molecular weight excluding hydrogens is 238 g/mol. The molecule has 1 N–H and O–H groups in total. The Bertz CT molecular complexity index is 262. The van der Waals surface area contributed by atoms with Crippen LogP contribution in [0.25, 0.3) is 0 Å². The molecule has 3 saturated carbocycles. The van der Waals surface area contributed by atoms with Crippen LogP contribution >= 0.6 is 11.8 Å². The van der Waals surface area contributed by atoms with Crippen LogP contribution in [0.4, 0.5) is 0 Å². The Kier molecular flexibility index (Phi) is 4.56. The van der Waals surface area contributed by atoms with E-state index in [0.29, 0.717) is 0 Å². The van der Waals surface area contributed by atoms with Crippen molar-refractivity contribution in [3.8, 4) is 0 Å². The fourth-order valence-electron chi connectivity index (χ4n) is 4.68. The molecule has 0 saturated heterocycles. The molecule has 18 heavy (non-hydrogen) atoms. The Labute approximate surface area is 117 Å². The van der Waals surface area contributed by atoms with Crippen LogP contribution in [0.15, 0.2) is 0 Å². The Morgan fingerprint density at radius 2 is 1.89 bits per heavy atom. The van der Waals surface area contributed by atoms with Crippen molar-refractivity contribution in [2.45, 2.75) is 69.1 Å². The van der Waals surface area contributed by atoms with E-state index in [-0.39, 0.29) is 0 Å². The van der Waals surface area contributed by atoms with Gasteiger partial charge in [0.1, 0.15) is 0 Å². The molecule has 2 bridgehead atoms. The number of thioether (sulfide) groups is 1. The molecular formula is C16H29NS. The standard InChI is InChI=1S/C16H29NS/c1-17-16(11-18-14-5-3-2-4-6-14)15-10-12-7-8-13(15)9-12/h12-17H,2-11H2,1H3. The third-order valence-electron chi connectivity index (χ3n) is 5.74. The van der Waals surface area contributed by atoms with E-state index in [1.54, 1.807) is 6.42 Å². The number of rotatable bonds is 5. The van der Waals surface area contributed by atoms with Crippen LogP contribution in [0.1, 0.15) is 57.8 Å². The first-order chi connectivity index (χ1) is 8.86. The van der Waals surface area contributed by atoms with Gasteiger partial charge in [-0.3, -0.25) is 0 Å². The first-order valence-corrected chi connectivity index (χ1v) is 9.20. The van der Waals surface area contributed by atoms with Crippen LogP contribution in [0, 0.1) is 17.8 Å². The molecule has 0 radical (unpaired) electrons. The van der Waals surface area contributed by atoms with Gasteiger partial charge in [-0.05, 0) is 56.9 Å². The van der Waals surface area contributed by atoms with E-state index in [2.05, 4.69) is 24.1 Å². The average Bonchev–Trinajstić information content (AvgIpc) is 3.03. The van der Waals surface area contributed by atoms with Crippen LogP contribution in [-0.2, 0) is 0 Å². The Balaban J connectivity index is 1.47. The molecule has 4 atom stereocenters. The third-order valence-corrected chi connectivity index (χ3v) is 7.24. The molecule has 2 heteroatoms. The van der Waals surface area contributed by atoms with E-state index in [0.717, 1.165) is 29.0 Å². The second-order valence-corrected chi connectivity index (χ2v) is 8.16. The minimum absolute atomic E-state index is 0.798. The molecule has 3 aliphatic carbocycles. The second-order valence-electron chi connectivity index (χ2n) is 6.83. The maximum atomic E-state index is 3.65. The fraction of sp³-hybridized carbons (Fsp3) is 1.00. The number of hydrogen-bond acceptors (Lipinski definition) is 2. The van der Waals surface area contributed by atoms with Crippen LogP contribution in [0.2, 0.25) is 0 Å². The van der Waals surface area contributed by atoms with E-state index in [4.69, 9.17) is 0 Å². The number of nitrogens with one attached hydrogen (secondary N) is 1. The zero-order valence-electron chi connectivity index (χ0n) is 11.9. The summed E-state index contributed by atoms with van der Waals surface area (Å²) in [5, 5.41) is 4.63. The first kappa shape index (κ1) is 13.3. The molecule has 0 amide bonds. The summed E-state index contributed by atoms with van der Waals surface area (Å²) in [6, 6.07) is 0.798. The summed E-state index contributed by atoms with van der Waals surface area (Å²) < 4.78 is 0. The third kappa shape index (κ3) is 2.90. The van der Waals surface area contributed by atoms with Gasteiger partial charge in [0.25, 0.3) is 0 Å². The molecule has 0 aromatic heterocycles. The van der Waals surface area contributed by atoms with Crippen LogP contribution in [0.5, 0.6) is 0 Å². The summed E-state index contributed by atoms with van der Waals surface area (Å²) in [6.45, 7) is 0. The Hall–Kier alpha value is 0.310. The molecule has 3 rings (SSSR count). The van der Waals surface area contributed by atoms with E-state index < -0.39 is 0 Å². The van der Waals surface area contributed by atoms with Gasteiger partial charge < -0.3 is 5.32 Å². The van der Waals surface area contributed by atoms with Gasteiger partial charge in [0, 0.05) is 17.0 Å².